The molecule has 31 heavy (non-hydrogen) atoms. The van der Waals surface area contributed by atoms with Gasteiger partial charge in [0.15, 0.2) is 6.61 Å². The smallest absolute Gasteiger partial charge is 0.433 e. The Kier molecular flexibility index (Phi) is 7.47. The van der Waals surface area contributed by atoms with E-state index in [9.17, 15) is 29.3 Å². The zero-order valence-corrected chi connectivity index (χ0v) is 17.9. The minimum absolute atomic E-state index is 0.0263. The van der Waals surface area contributed by atoms with E-state index in [1.165, 1.54) is 4.90 Å². The summed E-state index contributed by atoms with van der Waals surface area (Å²) in [6.45, 7) is 2.50. The Morgan fingerprint density at radius 3 is 2.42 bits per heavy atom. The molecule has 166 valence electrons. The Morgan fingerprint density at radius 1 is 1.19 bits per heavy atom. The predicted octanol–water partition coefficient (Wildman–Crippen LogP) is 2.23. The fraction of sp³-hybridized carbons (Fsp3) is 0.333. The normalized spacial score (nSPS) is 10.3. The van der Waals surface area contributed by atoms with Crippen LogP contribution in [-0.2, 0) is 14.3 Å². The van der Waals surface area contributed by atoms with Crippen molar-refractivity contribution in [3.63, 3.8) is 0 Å². The summed E-state index contributed by atoms with van der Waals surface area (Å²) >= 11 is 0.884. The molecule has 0 atom stereocenters. The van der Waals surface area contributed by atoms with Crippen molar-refractivity contribution in [3.8, 4) is 0 Å². The van der Waals surface area contributed by atoms with Crippen LogP contribution in [0, 0.1) is 17.0 Å². The molecule has 13 heteroatoms. The van der Waals surface area contributed by atoms with Crippen molar-refractivity contribution in [1.29, 1.82) is 0 Å². The molecule has 0 unspecified atom stereocenters. The highest BCUT2D eigenvalue weighted by atomic mass is 32.1. The number of esters is 2. The van der Waals surface area contributed by atoms with E-state index in [1.807, 2.05) is 0 Å². The second-order valence-corrected chi connectivity index (χ2v) is 7.22. The van der Waals surface area contributed by atoms with E-state index in [0.717, 1.165) is 23.5 Å². The van der Waals surface area contributed by atoms with E-state index in [-0.39, 0.29) is 28.0 Å². The van der Waals surface area contributed by atoms with Crippen LogP contribution in [0.3, 0.4) is 0 Å². The summed E-state index contributed by atoms with van der Waals surface area (Å²) in [4.78, 5) is 60.2. The number of carbonyl (C=O) groups excluding carboxylic acids is 4. The summed E-state index contributed by atoms with van der Waals surface area (Å²) in [5, 5.41) is 13.1. The zero-order valence-electron chi connectivity index (χ0n) is 17.0. The van der Waals surface area contributed by atoms with Crippen LogP contribution in [0.15, 0.2) is 16.5 Å². The molecule has 2 heterocycles. The van der Waals surface area contributed by atoms with Gasteiger partial charge in [0.1, 0.15) is 9.92 Å². The monoisotopic (exact) mass is 453 g/mol. The molecule has 0 saturated heterocycles. The summed E-state index contributed by atoms with van der Waals surface area (Å²) in [5.74, 6) is -4.06. The number of rotatable bonds is 8. The number of anilines is 1. The largest absolute Gasteiger partial charge is 0.462 e. The van der Waals surface area contributed by atoms with Crippen LogP contribution in [0.5, 0.6) is 0 Å². The topological polar surface area (TPSA) is 158 Å². The van der Waals surface area contributed by atoms with Crippen LogP contribution < -0.4 is 5.32 Å². The molecule has 2 aromatic heterocycles. The molecule has 2 amide bonds. The Labute approximate surface area is 179 Å². The quantitative estimate of drug-likeness (QED) is 0.359. The molecule has 1 N–H and O–H groups in total. The van der Waals surface area contributed by atoms with Crippen LogP contribution in [0.2, 0.25) is 0 Å². The Balaban J connectivity index is 2.16. The standard InChI is InChI=1S/C18H19N3O9S/c1-5-28-18(25)13-9(2)14(16(23)20(3)4)31-15(13)19-11(22)8-29-17(24)10-6-7-12(30-10)21(26)27/h6-7H,5,8H2,1-4H3,(H,19,22). The van der Waals surface area contributed by atoms with Gasteiger partial charge in [0.05, 0.1) is 23.1 Å². The van der Waals surface area contributed by atoms with Gasteiger partial charge in [-0.15, -0.1) is 11.3 Å². The van der Waals surface area contributed by atoms with Crippen molar-refractivity contribution in [2.24, 2.45) is 0 Å². The number of nitrogens with one attached hydrogen (secondary N) is 1. The Hall–Kier alpha value is -3.74. The number of amides is 2. The third-order valence-electron chi connectivity index (χ3n) is 3.79. The van der Waals surface area contributed by atoms with E-state index < -0.39 is 41.0 Å². The first-order valence-corrected chi connectivity index (χ1v) is 9.61. The van der Waals surface area contributed by atoms with Gasteiger partial charge in [-0.2, -0.15) is 0 Å². The number of nitrogens with zero attached hydrogens (tertiary/aromatic N) is 2. The maximum Gasteiger partial charge on any atom is 0.433 e. The van der Waals surface area contributed by atoms with Gasteiger partial charge in [-0.3, -0.25) is 19.7 Å². The van der Waals surface area contributed by atoms with Gasteiger partial charge >= 0.3 is 17.8 Å². The minimum atomic E-state index is -1.08. The first-order valence-electron chi connectivity index (χ1n) is 8.80. The molecule has 0 aliphatic heterocycles. The summed E-state index contributed by atoms with van der Waals surface area (Å²) in [5.41, 5.74) is 0.371. The number of ether oxygens (including phenoxy) is 2. The molecule has 0 spiro atoms. The third kappa shape index (κ3) is 5.45. The second-order valence-electron chi connectivity index (χ2n) is 6.20. The molecular formula is C18H19N3O9S. The highest BCUT2D eigenvalue weighted by Gasteiger charge is 2.27. The van der Waals surface area contributed by atoms with Crippen LogP contribution in [-0.4, -0.2) is 60.9 Å². The van der Waals surface area contributed by atoms with Crippen molar-refractivity contribution >= 4 is 46.0 Å². The lowest BCUT2D eigenvalue weighted by Crippen LogP contribution is -2.21. The molecule has 0 radical (unpaired) electrons. The van der Waals surface area contributed by atoms with E-state index in [1.54, 1.807) is 27.9 Å². The van der Waals surface area contributed by atoms with Crippen molar-refractivity contribution in [2.75, 3.05) is 32.6 Å². The number of hydrogen-bond donors (Lipinski definition) is 1. The molecule has 0 aliphatic rings. The molecule has 2 rings (SSSR count). The Bertz CT molecular complexity index is 1040. The summed E-state index contributed by atoms with van der Waals surface area (Å²) in [6, 6.07) is 2.01. The van der Waals surface area contributed by atoms with Gasteiger partial charge in [0.25, 0.3) is 11.8 Å². The van der Waals surface area contributed by atoms with E-state index in [2.05, 4.69) is 5.32 Å². The SMILES string of the molecule is CCOC(=O)c1c(NC(=O)COC(=O)c2ccc([N+](=O)[O-])o2)sc(C(=O)N(C)C)c1C. The lowest BCUT2D eigenvalue weighted by Gasteiger charge is -2.09. The molecule has 0 bridgehead atoms. The first-order chi connectivity index (χ1) is 14.6. The van der Waals surface area contributed by atoms with E-state index in [4.69, 9.17) is 13.9 Å². The molecule has 0 aromatic carbocycles. The summed E-state index contributed by atoms with van der Waals surface area (Å²) < 4.78 is 14.5. The highest BCUT2D eigenvalue weighted by molar-refractivity contribution is 7.18. The Morgan fingerprint density at radius 2 is 1.87 bits per heavy atom. The van der Waals surface area contributed by atoms with Gasteiger partial charge in [0.2, 0.25) is 5.76 Å². The maximum absolute atomic E-state index is 12.4. The summed E-state index contributed by atoms with van der Waals surface area (Å²) in [6.07, 6.45) is 0. The number of thiophene rings is 1. The van der Waals surface area contributed by atoms with Gasteiger partial charge < -0.3 is 24.1 Å². The number of furan rings is 1. The van der Waals surface area contributed by atoms with Crippen LogP contribution in [0.25, 0.3) is 0 Å². The van der Waals surface area contributed by atoms with Gasteiger partial charge in [-0.05, 0) is 25.5 Å². The molecule has 2 aromatic rings. The molecular weight excluding hydrogens is 434 g/mol. The van der Waals surface area contributed by atoms with Crippen molar-refractivity contribution < 1.29 is 38.0 Å². The fourth-order valence-electron chi connectivity index (χ4n) is 2.36. The van der Waals surface area contributed by atoms with Crippen LogP contribution in [0.1, 0.15) is 43.1 Å². The number of hydrogen-bond acceptors (Lipinski definition) is 10. The maximum atomic E-state index is 12.4. The third-order valence-corrected chi connectivity index (χ3v) is 4.98. The lowest BCUT2D eigenvalue weighted by molar-refractivity contribution is -0.402. The van der Waals surface area contributed by atoms with Gasteiger partial charge in [-0.1, -0.05) is 0 Å². The van der Waals surface area contributed by atoms with Gasteiger partial charge in [0, 0.05) is 14.1 Å². The average molecular weight is 453 g/mol. The van der Waals surface area contributed by atoms with Crippen LogP contribution in [0.4, 0.5) is 10.9 Å². The molecule has 0 fully saturated rings. The number of nitro groups is 1. The van der Waals surface area contributed by atoms with Crippen molar-refractivity contribution in [3.05, 3.63) is 44.0 Å². The predicted molar refractivity (Wildman–Crippen MR) is 107 cm³/mol. The second kappa shape index (κ2) is 9.84. The van der Waals surface area contributed by atoms with Crippen LogP contribution >= 0.6 is 11.3 Å². The molecule has 12 nitrogen and oxygen atoms in total. The highest BCUT2D eigenvalue weighted by Crippen LogP contribution is 2.34. The lowest BCUT2D eigenvalue weighted by atomic mass is 10.1. The zero-order chi connectivity index (χ0) is 23.3. The minimum Gasteiger partial charge on any atom is -0.462 e. The first kappa shape index (κ1) is 23.5. The van der Waals surface area contributed by atoms with Crippen molar-refractivity contribution in [1.82, 2.24) is 4.90 Å². The van der Waals surface area contributed by atoms with E-state index in [0.29, 0.717) is 5.56 Å². The summed E-state index contributed by atoms with van der Waals surface area (Å²) in [7, 11) is 3.09. The average Bonchev–Trinajstić information content (AvgIpc) is 3.31. The molecule has 0 aliphatic carbocycles. The number of carbonyl (C=O) groups is 4. The molecule has 0 saturated carbocycles. The van der Waals surface area contributed by atoms with Gasteiger partial charge in [-0.25, -0.2) is 9.59 Å². The van der Waals surface area contributed by atoms with E-state index >= 15 is 0 Å². The fourth-order valence-corrected chi connectivity index (χ4v) is 3.59. The van der Waals surface area contributed by atoms with Crippen molar-refractivity contribution in [2.45, 2.75) is 13.8 Å².